The van der Waals surface area contributed by atoms with Gasteiger partial charge in [0.1, 0.15) is 12.4 Å². The van der Waals surface area contributed by atoms with Crippen LogP contribution in [-0.4, -0.2) is 68.3 Å². The lowest BCUT2D eigenvalue weighted by Gasteiger charge is -2.45. The smallest absolute Gasteiger partial charge is 0.417 e. The number of hydrogen-bond acceptors (Lipinski definition) is 8. The third-order valence-electron chi connectivity index (χ3n) is 8.03. The van der Waals surface area contributed by atoms with Crippen LogP contribution in [0.1, 0.15) is 31.9 Å². The summed E-state index contributed by atoms with van der Waals surface area (Å²) in [5.74, 6) is -2.58. The van der Waals surface area contributed by atoms with Gasteiger partial charge in [0.2, 0.25) is 21.8 Å². The fourth-order valence-electron chi connectivity index (χ4n) is 6.34. The number of carbonyl (C=O) groups is 2. The van der Waals surface area contributed by atoms with Crippen molar-refractivity contribution in [1.29, 1.82) is 5.26 Å². The van der Waals surface area contributed by atoms with E-state index in [1.807, 2.05) is 4.90 Å². The van der Waals surface area contributed by atoms with Gasteiger partial charge in [0.05, 0.1) is 51.7 Å². The number of carbonyl (C=O) groups excluding carboxylic acids is 2. The average Bonchev–Trinajstić information content (AvgIpc) is 3.28. The van der Waals surface area contributed by atoms with Crippen molar-refractivity contribution in [2.75, 3.05) is 41.6 Å². The Hall–Kier alpha value is -3.67. The molecule has 3 saturated heterocycles. The Labute approximate surface area is 241 Å². The highest BCUT2D eigenvalue weighted by molar-refractivity contribution is 7.92. The highest BCUT2D eigenvalue weighted by Gasteiger charge is 2.71. The first-order valence-electron chi connectivity index (χ1n) is 13.3. The molecule has 2 aromatic carbocycles. The lowest BCUT2D eigenvalue weighted by Crippen LogP contribution is -2.58. The molecule has 3 fully saturated rings. The van der Waals surface area contributed by atoms with Crippen molar-refractivity contribution in [2.24, 2.45) is 11.8 Å². The van der Waals surface area contributed by atoms with E-state index in [1.165, 1.54) is 19.1 Å². The quantitative estimate of drug-likeness (QED) is 0.453. The van der Waals surface area contributed by atoms with Crippen molar-refractivity contribution in [3.8, 4) is 11.8 Å². The summed E-state index contributed by atoms with van der Waals surface area (Å²) in [6, 6.07) is 10.8. The van der Waals surface area contributed by atoms with Crippen LogP contribution in [-0.2, 0) is 30.5 Å². The van der Waals surface area contributed by atoms with E-state index in [0.29, 0.717) is 37.1 Å². The molecule has 2 bridgehead atoms. The van der Waals surface area contributed by atoms with Gasteiger partial charge in [-0.1, -0.05) is 0 Å². The predicted octanol–water partition coefficient (Wildman–Crippen LogP) is 3.39. The van der Waals surface area contributed by atoms with E-state index in [1.54, 1.807) is 38.1 Å². The van der Waals surface area contributed by atoms with E-state index in [4.69, 9.17) is 14.7 Å². The molecule has 2 amide bonds. The van der Waals surface area contributed by atoms with Gasteiger partial charge in [0.25, 0.3) is 0 Å². The van der Waals surface area contributed by atoms with E-state index < -0.39 is 62.2 Å². The maximum atomic E-state index is 13.6. The zero-order chi connectivity index (χ0) is 30.7. The molecule has 2 aromatic rings. The molecule has 0 saturated carbocycles. The van der Waals surface area contributed by atoms with Crippen molar-refractivity contribution >= 4 is 33.2 Å². The van der Waals surface area contributed by atoms with E-state index >= 15 is 0 Å². The van der Waals surface area contributed by atoms with Crippen molar-refractivity contribution in [3.63, 3.8) is 0 Å². The lowest BCUT2D eigenvalue weighted by molar-refractivity contribution is -0.169. The molecule has 0 radical (unpaired) electrons. The lowest BCUT2D eigenvalue weighted by atomic mass is 9.79. The number of likely N-dealkylation sites (tertiary alicyclic amines) is 1. The molecule has 14 heteroatoms. The molecular weight excluding hydrogens is 577 g/mol. The highest BCUT2D eigenvalue weighted by Crippen LogP contribution is 2.55. The number of nitrogens with one attached hydrogen (secondary N) is 1. The Morgan fingerprint density at radius 2 is 1.67 bits per heavy atom. The monoisotopic (exact) mass is 606 g/mol. The summed E-state index contributed by atoms with van der Waals surface area (Å²) < 4.78 is 78.8. The van der Waals surface area contributed by atoms with Crippen LogP contribution in [0.2, 0.25) is 0 Å². The molecule has 3 aliphatic heterocycles. The maximum Gasteiger partial charge on any atom is 0.417 e. The van der Waals surface area contributed by atoms with E-state index in [0.717, 1.165) is 11.0 Å². The first kappa shape index (κ1) is 29.8. The van der Waals surface area contributed by atoms with Gasteiger partial charge in [-0.25, -0.2) is 13.3 Å². The van der Waals surface area contributed by atoms with Crippen LogP contribution < -0.4 is 14.4 Å². The summed E-state index contributed by atoms with van der Waals surface area (Å²) >= 11 is 0. The highest BCUT2D eigenvalue weighted by atomic mass is 32.2. The SMILES string of the molecule is CCS(=O)(=O)Nc1ccc(OCCN2C[C@@]3(C)O[C@@](C)(C2)C2C(=O)N(c4ccc(C#N)c(C(F)(F)F)c4)C(=O)C23)cc1. The van der Waals surface area contributed by atoms with Gasteiger partial charge < -0.3 is 9.47 Å². The second-order valence-corrected chi connectivity index (χ2v) is 13.1. The first-order valence-corrected chi connectivity index (χ1v) is 14.9. The number of amides is 2. The molecular formula is C28H29F3N4O6S. The largest absolute Gasteiger partial charge is 0.492 e. The Morgan fingerprint density at radius 1 is 1.07 bits per heavy atom. The average molecular weight is 607 g/mol. The predicted molar refractivity (Wildman–Crippen MR) is 145 cm³/mol. The third kappa shape index (κ3) is 5.21. The fraction of sp³-hybridized carbons (Fsp3) is 0.464. The number of morpholine rings is 1. The Balaban J connectivity index is 1.28. The van der Waals surface area contributed by atoms with Gasteiger partial charge in [0.15, 0.2) is 0 Å². The molecule has 3 heterocycles. The van der Waals surface area contributed by atoms with Gasteiger partial charge in [-0.05, 0) is 63.2 Å². The van der Waals surface area contributed by atoms with Crippen LogP contribution >= 0.6 is 0 Å². The molecule has 10 nitrogen and oxygen atoms in total. The number of anilines is 2. The van der Waals surface area contributed by atoms with E-state index in [9.17, 15) is 31.2 Å². The fourth-order valence-corrected chi connectivity index (χ4v) is 6.98. The summed E-state index contributed by atoms with van der Waals surface area (Å²) in [5, 5.41) is 9.11. The number of rotatable bonds is 8. The topological polar surface area (TPSA) is 129 Å². The third-order valence-corrected chi connectivity index (χ3v) is 9.34. The van der Waals surface area contributed by atoms with Crippen LogP contribution in [0, 0.1) is 23.2 Å². The zero-order valence-electron chi connectivity index (χ0n) is 23.1. The molecule has 42 heavy (non-hydrogen) atoms. The molecule has 224 valence electrons. The van der Waals surface area contributed by atoms with Crippen molar-refractivity contribution in [2.45, 2.75) is 38.1 Å². The minimum absolute atomic E-state index is 0.0476. The van der Waals surface area contributed by atoms with Gasteiger partial charge in [-0.15, -0.1) is 0 Å². The molecule has 0 aromatic heterocycles. The Bertz CT molecular complexity index is 1540. The van der Waals surface area contributed by atoms with Gasteiger partial charge in [-0.2, -0.15) is 18.4 Å². The molecule has 5 rings (SSSR count). The summed E-state index contributed by atoms with van der Waals surface area (Å²) in [7, 11) is -3.39. The number of nitriles is 1. The van der Waals surface area contributed by atoms with Crippen LogP contribution in [0.3, 0.4) is 0 Å². The minimum Gasteiger partial charge on any atom is -0.492 e. The molecule has 2 unspecified atom stereocenters. The molecule has 1 N–H and O–H groups in total. The second-order valence-electron chi connectivity index (χ2n) is 11.1. The molecule has 0 spiro atoms. The zero-order valence-corrected chi connectivity index (χ0v) is 23.9. The van der Waals surface area contributed by atoms with Crippen molar-refractivity contribution < 1.29 is 40.7 Å². The van der Waals surface area contributed by atoms with Crippen LogP contribution in [0.15, 0.2) is 42.5 Å². The number of nitrogens with zero attached hydrogens (tertiary/aromatic N) is 3. The number of hydrogen-bond donors (Lipinski definition) is 1. The van der Waals surface area contributed by atoms with Gasteiger partial charge >= 0.3 is 6.18 Å². The van der Waals surface area contributed by atoms with E-state index in [2.05, 4.69) is 4.72 Å². The van der Waals surface area contributed by atoms with Crippen LogP contribution in [0.4, 0.5) is 24.5 Å². The van der Waals surface area contributed by atoms with E-state index in [-0.39, 0.29) is 18.0 Å². The standard InChI is InChI=1S/C28H29F3N4O6S/c1-4-42(38,39)33-18-6-9-20(10-7-18)40-12-11-34-15-26(2)22-23(27(3,16-34)41-26)25(37)35(24(22)36)19-8-5-17(14-32)21(13-19)28(29,30)31/h5-10,13,22-23,33H,4,11-12,15-16H2,1-3H3/t22?,23?,26-,27+. The van der Waals surface area contributed by atoms with Crippen LogP contribution in [0.25, 0.3) is 0 Å². The van der Waals surface area contributed by atoms with Crippen LogP contribution in [0.5, 0.6) is 5.75 Å². The number of fused-ring (bicyclic) bond motifs is 5. The number of ether oxygens (including phenoxy) is 2. The summed E-state index contributed by atoms with van der Waals surface area (Å²) in [5.41, 5.74) is -3.76. The Kier molecular flexibility index (Phi) is 7.28. The summed E-state index contributed by atoms with van der Waals surface area (Å²) in [4.78, 5) is 30.1. The normalized spacial score (nSPS) is 27.6. The summed E-state index contributed by atoms with van der Waals surface area (Å²) in [6.07, 6.45) is -4.84. The van der Waals surface area contributed by atoms with Crippen molar-refractivity contribution in [3.05, 3.63) is 53.6 Å². The van der Waals surface area contributed by atoms with Gasteiger partial charge in [0, 0.05) is 25.3 Å². The van der Waals surface area contributed by atoms with Gasteiger partial charge in [-0.3, -0.25) is 19.2 Å². The first-order chi connectivity index (χ1) is 19.6. The number of imide groups is 1. The molecule has 3 aliphatic rings. The second kappa shape index (κ2) is 10.3. The van der Waals surface area contributed by atoms with Crippen molar-refractivity contribution in [1.82, 2.24) is 4.90 Å². The number of sulfonamides is 1. The number of alkyl halides is 3. The number of benzene rings is 2. The maximum absolute atomic E-state index is 13.6. The Morgan fingerprint density at radius 3 is 2.19 bits per heavy atom. The molecule has 0 aliphatic carbocycles. The minimum atomic E-state index is -4.84. The summed E-state index contributed by atoms with van der Waals surface area (Å²) in [6.45, 7) is 6.28. The number of halogens is 3. The molecule has 4 atom stereocenters.